The van der Waals surface area contributed by atoms with Gasteiger partial charge in [0.05, 0.1) is 41.1 Å². The van der Waals surface area contributed by atoms with Gasteiger partial charge in [-0.3, -0.25) is 4.79 Å². The largest absolute Gasteiger partial charge is 0.475 e. The minimum absolute atomic E-state index is 0.0754. The minimum atomic E-state index is -4.18. The van der Waals surface area contributed by atoms with Crippen LogP contribution in [-0.2, 0) is 21.3 Å². The van der Waals surface area contributed by atoms with Gasteiger partial charge in [0, 0.05) is 30.3 Å². The normalized spacial score (nSPS) is 19.0. The van der Waals surface area contributed by atoms with Crippen LogP contribution in [0.3, 0.4) is 0 Å². The molecule has 2 aromatic carbocycles. The predicted octanol–water partition coefficient (Wildman–Crippen LogP) is 6.41. The van der Waals surface area contributed by atoms with Gasteiger partial charge in [0.25, 0.3) is 15.9 Å². The number of pyridine rings is 1. The monoisotopic (exact) mass is 698 g/mol. The maximum atomic E-state index is 14.6. The van der Waals surface area contributed by atoms with Gasteiger partial charge in [-0.2, -0.15) is 4.98 Å². The molecule has 264 valence electrons. The van der Waals surface area contributed by atoms with Crippen molar-refractivity contribution in [1.29, 1.82) is 0 Å². The van der Waals surface area contributed by atoms with E-state index in [0.29, 0.717) is 37.5 Å². The Kier molecular flexibility index (Phi) is 9.62. The summed E-state index contributed by atoms with van der Waals surface area (Å²) in [6.45, 7) is 16.7. The zero-order valence-corrected chi connectivity index (χ0v) is 30.7. The summed E-state index contributed by atoms with van der Waals surface area (Å²) in [5.41, 5.74) is 3.79. The van der Waals surface area contributed by atoms with E-state index in [1.165, 1.54) is 12.1 Å². The molecule has 1 atom stereocenters. The Morgan fingerprint density at radius 3 is 2.40 bits per heavy atom. The SMILES string of the molecule is Cc1cccc(C)c1-c1cc2nc(n1)NS(=O)(=O)c1cccc(c1)C(=O)N(Cc1cccc(N3CCOC(C)(C)C3)n1)[C@H](CC(C)(C)C)CO2. The van der Waals surface area contributed by atoms with Crippen molar-refractivity contribution >= 4 is 27.7 Å². The van der Waals surface area contributed by atoms with Gasteiger partial charge in [-0.15, -0.1) is 0 Å². The summed E-state index contributed by atoms with van der Waals surface area (Å²) in [6.07, 6.45) is 0.591. The molecule has 4 bridgehead atoms. The molecule has 0 spiro atoms. The van der Waals surface area contributed by atoms with Gasteiger partial charge < -0.3 is 19.3 Å². The van der Waals surface area contributed by atoms with Gasteiger partial charge in [-0.25, -0.2) is 23.1 Å². The van der Waals surface area contributed by atoms with Gasteiger partial charge >= 0.3 is 0 Å². The molecule has 1 N–H and O–H groups in total. The van der Waals surface area contributed by atoms with Crippen molar-refractivity contribution in [2.75, 3.05) is 35.9 Å². The number of amides is 1. The molecule has 50 heavy (non-hydrogen) atoms. The highest BCUT2D eigenvalue weighted by atomic mass is 32.2. The number of rotatable bonds is 5. The molecule has 2 aliphatic heterocycles. The van der Waals surface area contributed by atoms with Crippen LogP contribution in [0.5, 0.6) is 5.88 Å². The lowest BCUT2D eigenvalue weighted by Gasteiger charge is -2.39. The van der Waals surface area contributed by atoms with Crippen molar-refractivity contribution in [1.82, 2.24) is 19.9 Å². The summed E-state index contributed by atoms with van der Waals surface area (Å²) in [6, 6.07) is 19.1. The molecule has 0 saturated carbocycles. The molecule has 0 aliphatic carbocycles. The quantitative estimate of drug-likeness (QED) is 0.252. The van der Waals surface area contributed by atoms with Gasteiger partial charge in [-0.1, -0.05) is 51.1 Å². The van der Waals surface area contributed by atoms with Crippen LogP contribution in [0.4, 0.5) is 11.8 Å². The highest BCUT2D eigenvalue weighted by molar-refractivity contribution is 7.92. The molecule has 0 radical (unpaired) electrons. The van der Waals surface area contributed by atoms with Crippen LogP contribution < -0.4 is 14.4 Å². The fraction of sp³-hybridized carbons (Fsp3) is 0.421. The number of anilines is 2. The Labute approximate surface area is 295 Å². The van der Waals surface area contributed by atoms with Crippen molar-refractivity contribution in [3.05, 3.63) is 89.1 Å². The van der Waals surface area contributed by atoms with E-state index >= 15 is 0 Å². The van der Waals surface area contributed by atoms with E-state index in [4.69, 9.17) is 14.5 Å². The summed E-state index contributed by atoms with van der Waals surface area (Å²) in [5, 5.41) is 0. The number of benzene rings is 2. The first-order valence-corrected chi connectivity index (χ1v) is 18.4. The third kappa shape index (κ3) is 8.08. The van der Waals surface area contributed by atoms with Crippen LogP contribution in [0, 0.1) is 19.3 Å². The fourth-order valence-electron chi connectivity index (χ4n) is 6.66. The fourth-order valence-corrected chi connectivity index (χ4v) is 7.65. The second-order valence-corrected chi connectivity index (χ2v) is 16.7. The van der Waals surface area contributed by atoms with Crippen LogP contribution >= 0.6 is 0 Å². The van der Waals surface area contributed by atoms with Gasteiger partial charge in [-0.05, 0) is 81.0 Å². The number of ether oxygens (including phenoxy) is 2. The molecule has 1 saturated heterocycles. The van der Waals surface area contributed by atoms with E-state index in [9.17, 15) is 13.2 Å². The van der Waals surface area contributed by atoms with Crippen molar-refractivity contribution in [2.45, 2.75) is 78.0 Å². The number of hydrogen-bond acceptors (Lipinski definition) is 9. The lowest BCUT2D eigenvalue weighted by atomic mass is 9.87. The maximum absolute atomic E-state index is 14.6. The van der Waals surface area contributed by atoms with Gasteiger partial charge in [0.2, 0.25) is 11.8 Å². The van der Waals surface area contributed by atoms with Crippen molar-refractivity contribution in [3.8, 4) is 17.1 Å². The summed E-state index contributed by atoms with van der Waals surface area (Å²) in [5.74, 6) is 0.565. The topological polar surface area (TPSA) is 127 Å². The molecular weight excluding hydrogens is 653 g/mol. The van der Waals surface area contributed by atoms with Gasteiger partial charge in [0.1, 0.15) is 12.4 Å². The number of nitrogens with zero attached hydrogens (tertiary/aromatic N) is 5. The third-order valence-electron chi connectivity index (χ3n) is 8.90. The molecule has 6 rings (SSSR count). The Balaban J connectivity index is 1.45. The van der Waals surface area contributed by atoms with Crippen LogP contribution in [0.25, 0.3) is 11.3 Å². The number of fused-ring (bicyclic) bond motifs is 4. The lowest BCUT2D eigenvalue weighted by Crippen LogP contribution is -2.48. The van der Waals surface area contributed by atoms with E-state index in [2.05, 4.69) is 54.2 Å². The number of morpholine rings is 1. The molecule has 1 amide bonds. The van der Waals surface area contributed by atoms with Crippen LogP contribution in [0.2, 0.25) is 0 Å². The number of carbonyl (C=O) groups excluding carboxylic acids is 1. The molecule has 1 fully saturated rings. The molecule has 2 aliphatic rings. The summed E-state index contributed by atoms with van der Waals surface area (Å²) in [4.78, 5) is 32.6. The number of sulfonamides is 1. The Morgan fingerprint density at radius 1 is 0.960 bits per heavy atom. The molecule has 11 nitrogen and oxygen atoms in total. The third-order valence-corrected chi connectivity index (χ3v) is 10.2. The first kappa shape index (κ1) is 35.3. The number of hydrogen-bond donors (Lipinski definition) is 1. The average molecular weight is 699 g/mol. The predicted molar refractivity (Wildman–Crippen MR) is 194 cm³/mol. The van der Waals surface area contributed by atoms with Crippen LogP contribution in [-0.4, -0.2) is 72.1 Å². The zero-order chi connectivity index (χ0) is 35.8. The van der Waals surface area contributed by atoms with E-state index < -0.39 is 16.1 Å². The average Bonchev–Trinajstić information content (AvgIpc) is 3.04. The number of aromatic nitrogens is 3. The Hall–Kier alpha value is -4.55. The highest BCUT2D eigenvalue weighted by Gasteiger charge is 2.33. The Morgan fingerprint density at radius 2 is 1.68 bits per heavy atom. The first-order valence-electron chi connectivity index (χ1n) is 16.9. The summed E-state index contributed by atoms with van der Waals surface area (Å²) in [7, 11) is -4.18. The first-order chi connectivity index (χ1) is 23.6. The zero-order valence-electron chi connectivity index (χ0n) is 29.9. The smallest absolute Gasteiger partial charge is 0.264 e. The number of aryl methyl sites for hydroxylation is 2. The maximum Gasteiger partial charge on any atom is 0.264 e. The summed E-state index contributed by atoms with van der Waals surface area (Å²) < 4.78 is 42.4. The van der Waals surface area contributed by atoms with Crippen LogP contribution in [0.15, 0.2) is 71.6 Å². The number of carbonyl (C=O) groups is 1. The van der Waals surface area contributed by atoms with Gasteiger partial charge in [0.15, 0.2) is 0 Å². The highest BCUT2D eigenvalue weighted by Crippen LogP contribution is 2.32. The molecule has 4 heterocycles. The van der Waals surface area contributed by atoms with Crippen molar-refractivity contribution in [2.24, 2.45) is 5.41 Å². The van der Waals surface area contributed by atoms with Crippen molar-refractivity contribution in [3.63, 3.8) is 0 Å². The second-order valence-electron chi connectivity index (χ2n) is 15.0. The van der Waals surface area contributed by atoms with Crippen molar-refractivity contribution < 1.29 is 22.7 Å². The molecular formula is C38H46N6O5S. The minimum Gasteiger partial charge on any atom is -0.475 e. The summed E-state index contributed by atoms with van der Waals surface area (Å²) >= 11 is 0. The Bertz CT molecular complexity index is 1990. The molecule has 2 aromatic heterocycles. The molecule has 12 heteroatoms. The van der Waals surface area contributed by atoms with E-state index in [-0.39, 0.29) is 52.4 Å². The van der Waals surface area contributed by atoms with E-state index in [1.807, 2.05) is 50.2 Å². The number of nitrogens with one attached hydrogen (secondary N) is 1. The molecule has 0 unspecified atom stereocenters. The van der Waals surface area contributed by atoms with E-state index in [1.54, 1.807) is 23.1 Å². The lowest BCUT2D eigenvalue weighted by molar-refractivity contribution is -0.0279. The standard InChI is InChI=1S/C38H46N6O5S/c1-25-11-8-12-26(2)34(25)31-20-33-41-36(40-31)42-50(46,47)30-15-9-13-27(19-30)35(45)44(29(23-48-33)21-37(3,4)5)22-28-14-10-16-32(39-28)43-17-18-49-38(6,7)24-43/h8-16,19-20,29H,17-18,21-24H2,1-7H3,(H,40,41,42)/t29-/m1/s1. The molecule has 4 aromatic rings. The van der Waals surface area contributed by atoms with E-state index in [0.717, 1.165) is 22.5 Å². The van der Waals surface area contributed by atoms with Crippen LogP contribution in [0.1, 0.15) is 68.2 Å². The second kappa shape index (κ2) is 13.6.